The Labute approximate surface area is 122 Å². The average molecular weight is 289 g/mol. The Bertz CT molecular complexity index is 616. The first kappa shape index (κ1) is 14.8. The van der Waals surface area contributed by atoms with Gasteiger partial charge < -0.3 is 15.2 Å². The van der Waals surface area contributed by atoms with Gasteiger partial charge >= 0.3 is 5.97 Å². The zero-order valence-corrected chi connectivity index (χ0v) is 11.5. The molecule has 0 saturated heterocycles. The molecule has 0 amide bonds. The lowest BCUT2D eigenvalue weighted by atomic mass is 10.1. The van der Waals surface area contributed by atoms with Gasteiger partial charge in [-0.2, -0.15) is 0 Å². The predicted molar refractivity (Wildman–Crippen MR) is 78.0 cm³/mol. The molecular formula is C16H16FNO3. The Morgan fingerprint density at radius 3 is 2.57 bits per heavy atom. The maximum absolute atomic E-state index is 13.8. The minimum Gasteiger partial charge on any atom is -0.491 e. The molecule has 0 aliphatic rings. The number of aliphatic carboxylic acids is 1. The van der Waals surface area contributed by atoms with Gasteiger partial charge in [0.15, 0.2) is 17.6 Å². The molecule has 2 rings (SSSR count). The first-order valence-electron chi connectivity index (χ1n) is 6.58. The molecule has 0 aliphatic carbocycles. The summed E-state index contributed by atoms with van der Waals surface area (Å²) in [5.74, 6) is -1.41. The molecule has 0 aliphatic heterocycles. The van der Waals surface area contributed by atoms with Gasteiger partial charge in [0.25, 0.3) is 0 Å². The maximum atomic E-state index is 13.8. The van der Waals surface area contributed by atoms with Crippen molar-refractivity contribution in [2.75, 3.05) is 11.9 Å². The van der Waals surface area contributed by atoms with Gasteiger partial charge in [-0.15, -0.1) is 0 Å². The lowest BCUT2D eigenvalue weighted by Gasteiger charge is -2.16. The summed E-state index contributed by atoms with van der Waals surface area (Å²) in [6.45, 7) is 2.13. The number of carbonyl (C=O) groups is 1. The van der Waals surface area contributed by atoms with Crippen molar-refractivity contribution in [2.45, 2.75) is 13.0 Å². The summed E-state index contributed by atoms with van der Waals surface area (Å²) in [4.78, 5) is 11.4. The topological polar surface area (TPSA) is 58.6 Å². The van der Waals surface area contributed by atoms with E-state index in [4.69, 9.17) is 4.74 Å². The number of nitrogens with one attached hydrogen (secondary N) is 1. The van der Waals surface area contributed by atoms with Crippen LogP contribution in [0.5, 0.6) is 5.75 Å². The van der Waals surface area contributed by atoms with Gasteiger partial charge in [0.2, 0.25) is 0 Å². The Kier molecular flexibility index (Phi) is 4.77. The first-order chi connectivity index (χ1) is 10.1. The Balaban J connectivity index is 2.22. The second-order valence-corrected chi connectivity index (χ2v) is 4.40. The van der Waals surface area contributed by atoms with Crippen LogP contribution in [0.15, 0.2) is 48.5 Å². The molecule has 0 heterocycles. The fraction of sp³-hybridized carbons (Fsp3) is 0.188. The van der Waals surface area contributed by atoms with E-state index in [-0.39, 0.29) is 5.75 Å². The third kappa shape index (κ3) is 3.72. The Morgan fingerprint density at radius 2 is 2.00 bits per heavy atom. The van der Waals surface area contributed by atoms with Gasteiger partial charge in [0.1, 0.15) is 0 Å². The van der Waals surface area contributed by atoms with Crippen LogP contribution in [0.1, 0.15) is 18.5 Å². The Morgan fingerprint density at radius 1 is 1.29 bits per heavy atom. The van der Waals surface area contributed by atoms with Crippen molar-refractivity contribution >= 4 is 11.7 Å². The molecule has 21 heavy (non-hydrogen) atoms. The third-order valence-electron chi connectivity index (χ3n) is 2.92. The normalized spacial score (nSPS) is 11.7. The van der Waals surface area contributed by atoms with Gasteiger partial charge in [-0.1, -0.05) is 30.3 Å². The molecule has 2 aromatic rings. The van der Waals surface area contributed by atoms with Crippen molar-refractivity contribution in [1.29, 1.82) is 0 Å². The van der Waals surface area contributed by atoms with E-state index in [1.54, 1.807) is 43.3 Å². The van der Waals surface area contributed by atoms with E-state index < -0.39 is 17.8 Å². The molecule has 0 bridgehead atoms. The zero-order valence-electron chi connectivity index (χ0n) is 11.5. The number of ether oxygens (including phenoxy) is 1. The molecule has 2 aromatic carbocycles. The smallest absolute Gasteiger partial charge is 0.330 e. The number of rotatable bonds is 6. The van der Waals surface area contributed by atoms with E-state index in [1.807, 2.05) is 0 Å². The van der Waals surface area contributed by atoms with Crippen LogP contribution in [0.25, 0.3) is 0 Å². The number of hydrogen-bond donors (Lipinski definition) is 2. The lowest BCUT2D eigenvalue weighted by Crippen LogP contribution is -2.20. The minimum atomic E-state index is -1.03. The fourth-order valence-corrected chi connectivity index (χ4v) is 1.96. The average Bonchev–Trinajstić information content (AvgIpc) is 2.48. The number of hydrogen-bond acceptors (Lipinski definition) is 3. The van der Waals surface area contributed by atoms with Gasteiger partial charge in [-0.3, -0.25) is 0 Å². The van der Waals surface area contributed by atoms with Crippen molar-refractivity contribution in [3.63, 3.8) is 0 Å². The summed E-state index contributed by atoms with van der Waals surface area (Å²) in [6.07, 6.45) is 0. The zero-order chi connectivity index (χ0) is 15.2. The number of carboxylic acid groups (broad SMARTS) is 1. The second kappa shape index (κ2) is 6.74. The molecule has 2 N–H and O–H groups in total. The van der Waals surface area contributed by atoms with Crippen LogP contribution >= 0.6 is 0 Å². The summed E-state index contributed by atoms with van der Waals surface area (Å²) in [7, 11) is 0. The first-order valence-corrected chi connectivity index (χ1v) is 6.58. The van der Waals surface area contributed by atoms with Crippen molar-refractivity contribution in [3.8, 4) is 5.75 Å². The molecule has 0 aromatic heterocycles. The monoisotopic (exact) mass is 289 g/mol. The molecule has 0 radical (unpaired) electrons. The molecule has 110 valence electrons. The molecule has 4 nitrogen and oxygen atoms in total. The summed E-state index contributed by atoms with van der Waals surface area (Å²) in [6, 6.07) is 12.1. The van der Waals surface area contributed by atoms with Crippen LogP contribution in [0, 0.1) is 5.82 Å². The number of halogens is 1. The second-order valence-electron chi connectivity index (χ2n) is 4.40. The molecule has 0 fully saturated rings. The van der Waals surface area contributed by atoms with Crippen molar-refractivity contribution < 1.29 is 19.0 Å². The summed E-state index contributed by atoms with van der Waals surface area (Å²) < 4.78 is 18.9. The predicted octanol–water partition coefficient (Wildman–Crippen LogP) is 3.46. The SMILES string of the molecule is CCOc1ccc(NC(C(=O)O)c2ccccc2)cc1F. The summed E-state index contributed by atoms with van der Waals surface area (Å²) >= 11 is 0. The van der Waals surface area contributed by atoms with Crippen LogP contribution in [-0.2, 0) is 4.79 Å². The van der Waals surface area contributed by atoms with Gasteiger partial charge in [-0.25, -0.2) is 9.18 Å². The number of anilines is 1. The molecular weight excluding hydrogens is 273 g/mol. The molecule has 0 saturated carbocycles. The van der Waals surface area contributed by atoms with E-state index in [0.717, 1.165) is 0 Å². The molecule has 1 unspecified atom stereocenters. The van der Waals surface area contributed by atoms with Crippen LogP contribution in [0.3, 0.4) is 0 Å². The minimum absolute atomic E-state index is 0.148. The van der Waals surface area contributed by atoms with E-state index in [2.05, 4.69) is 5.32 Å². The highest BCUT2D eigenvalue weighted by atomic mass is 19.1. The highest BCUT2D eigenvalue weighted by Crippen LogP contribution is 2.25. The highest BCUT2D eigenvalue weighted by molar-refractivity contribution is 5.79. The van der Waals surface area contributed by atoms with Gasteiger partial charge in [0.05, 0.1) is 6.61 Å². The maximum Gasteiger partial charge on any atom is 0.330 e. The van der Waals surface area contributed by atoms with Crippen molar-refractivity contribution in [1.82, 2.24) is 0 Å². The standard InChI is InChI=1S/C16H16FNO3/c1-2-21-14-9-8-12(10-13(14)17)18-15(16(19)20)11-6-4-3-5-7-11/h3-10,15,18H,2H2,1H3,(H,19,20). The summed E-state index contributed by atoms with van der Waals surface area (Å²) in [5.41, 5.74) is 0.978. The van der Waals surface area contributed by atoms with E-state index in [1.165, 1.54) is 12.1 Å². The van der Waals surface area contributed by atoms with Crippen LogP contribution in [-0.4, -0.2) is 17.7 Å². The number of benzene rings is 2. The van der Waals surface area contributed by atoms with Crippen LogP contribution in [0.2, 0.25) is 0 Å². The lowest BCUT2D eigenvalue weighted by molar-refractivity contribution is -0.138. The van der Waals surface area contributed by atoms with E-state index >= 15 is 0 Å². The third-order valence-corrected chi connectivity index (χ3v) is 2.92. The Hall–Kier alpha value is -2.56. The van der Waals surface area contributed by atoms with E-state index in [0.29, 0.717) is 17.9 Å². The van der Waals surface area contributed by atoms with Crippen molar-refractivity contribution in [3.05, 3.63) is 59.9 Å². The fourth-order valence-electron chi connectivity index (χ4n) is 1.96. The molecule has 0 spiro atoms. The largest absolute Gasteiger partial charge is 0.491 e. The van der Waals surface area contributed by atoms with Crippen LogP contribution < -0.4 is 10.1 Å². The molecule has 5 heteroatoms. The van der Waals surface area contributed by atoms with Gasteiger partial charge in [-0.05, 0) is 24.6 Å². The van der Waals surface area contributed by atoms with Crippen LogP contribution in [0.4, 0.5) is 10.1 Å². The van der Waals surface area contributed by atoms with E-state index in [9.17, 15) is 14.3 Å². The van der Waals surface area contributed by atoms with Gasteiger partial charge in [0, 0.05) is 11.8 Å². The number of carboxylic acids is 1. The summed E-state index contributed by atoms with van der Waals surface area (Å²) in [5, 5.41) is 12.1. The quantitative estimate of drug-likeness (QED) is 0.855. The van der Waals surface area contributed by atoms with Crippen molar-refractivity contribution in [2.24, 2.45) is 0 Å². The highest BCUT2D eigenvalue weighted by Gasteiger charge is 2.19. The molecule has 1 atom stereocenters.